The van der Waals surface area contributed by atoms with Crippen molar-refractivity contribution in [3.05, 3.63) is 54.1 Å². The molecule has 2 aromatic carbocycles. The third kappa shape index (κ3) is 5.17. The molecule has 0 aliphatic carbocycles. The molecule has 0 spiro atoms. The van der Waals surface area contributed by atoms with Crippen molar-refractivity contribution in [3.63, 3.8) is 0 Å². The predicted octanol–water partition coefficient (Wildman–Crippen LogP) is 3.20. The maximum absolute atomic E-state index is 12.5. The maximum Gasteiger partial charge on any atom is 0.244 e. The molecule has 6 heteroatoms. The molecule has 2 rings (SSSR count). The van der Waals surface area contributed by atoms with Crippen molar-refractivity contribution < 1.29 is 14.4 Å². The van der Waals surface area contributed by atoms with Crippen molar-refractivity contribution in [2.75, 3.05) is 22.1 Å². The molecular formula is C20H23N3O3. The summed E-state index contributed by atoms with van der Waals surface area (Å²) in [7, 11) is 0. The summed E-state index contributed by atoms with van der Waals surface area (Å²) >= 11 is 0. The molecule has 0 heterocycles. The van der Waals surface area contributed by atoms with Crippen LogP contribution in [-0.2, 0) is 20.8 Å². The zero-order valence-corrected chi connectivity index (χ0v) is 15.2. The normalized spacial score (nSPS) is 10.1. The molecule has 0 bridgehead atoms. The maximum atomic E-state index is 12.5. The third-order valence-corrected chi connectivity index (χ3v) is 3.83. The van der Waals surface area contributed by atoms with Crippen LogP contribution in [0, 0.1) is 0 Å². The van der Waals surface area contributed by atoms with Gasteiger partial charge in [-0.1, -0.05) is 31.2 Å². The molecule has 136 valence electrons. The van der Waals surface area contributed by atoms with Gasteiger partial charge in [0.25, 0.3) is 0 Å². The van der Waals surface area contributed by atoms with Crippen molar-refractivity contribution >= 4 is 34.8 Å². The van der Waals surface area contributed by atoms with E-state index in [1.54, 1.807) is 24.3 Å². The number of hydrogen-bond acceptors (Lipinski definition) is 3. The second-order valence-electron chi connectivity index (χ2n) is 5.90. The summed E-state index contributed by atoms with van der Waals surface area (Å²) in [5, 5.41) is 5.53. The zero-order chi connectivity index (χ0) is 19.1. The van der Waals surface area contributed by atoms with Crippen LogP contribution in [0.5, 0.6) is 0 Å². The van der Waals surface area contributed by atoms with Crippen molar-refractivity contribution in [1.82, 2.24) is 0 Å². The number of rotatable bonds is 6. The van der Waals surface area contributed by atoms with Crippen LogP contribution < -0.4 is 15.5 Å². The average molecular weight is 353 g/mol. The van der Waals surface area contributed by atoms with E-state index < -0.39 is 0 Å². The average Bonchev–Trinajstić information content (AvgIpc) is 2.59. The van der Waals surface area contributed by atoms with E-state index >= 15 is 0 Å². The summed E-state index contributed by atoms with van der Waals surface area (Å²) in [4.78, 5) is 37.1. The minimum Gasteiger partial charge on any atom is -0.326 e. The van der Waals surface area contributed by atoms with Gasteiger partial charge in [-0.25, -0.2) is 0 Å². The number of para-hydroxylation sites is 1. The highest BCUT2D eigenvalue weighted by Gasteiger charge is 2.17. The minimum atomic E-state index is -0.286. The molecule has 2 aromatic rings. The molecule has 0 aliphatic heterocycles. The SMILES string of the molecule is CCc1ccccc1NC(=O)CN(C(C)=O)c1cccc(NC(C)=O)c1. The monoisotopic (exact) mass is 353 g/mol. The smallest absolute Gasteiger partial charge is 0.244 e. The highest BCUT2D eigenvalue weighted by atomic mass is 16.2. The van der Waals surface area contributed by atoms with Gasteiger partial charge in [-0.05, 0) is 36.2 Å². The molecule has 0 unspecified atom stereocenters. The van der Waals surface area contributed by atoms with E-state index in [0.29, 0.717) is 11.4 Å². The van der Waals surface area contributed by atoms with E-state index in [1.165, 1.54) is 18.7 Å². The van der Waals surface area contributed by atoms with Gasteiger partial charge in [-0.3, -0.25) is 14.4 Å². The fourth-order valence-corrected chi connectivity index (χ4v) is 2.62. The number of anilines is 3. The van der Waals surface area contributed by atoms with Crippen LogP contribution in [-0.4, -0.2) is 24.3 Å². The quantitative estimate of drug-likeness (QED) is 0.837. The van der Waals surface area contributed by atoms with Gasteiger partial charge in [0.1, 0.15) is 6.54 Å². The molecule has 0 atom stereocenters. The highest BCUT2D eigenvalue weighted by molar-refractivity contribution is 6.02. The van der Waals surface area contributed by atoms with Crippen molar-refractivity contribution in [2.45, 2.75) is 27.2 Å². The van der Waals surface area contributed by atoms with Crippen molar-refractivity contribution in [2.24, 2.45) is 0 Å². The Morgan fingerprint density at radius 2 is 1.69 bits per heavy atom. The number of carbonyl (C=O) groups is 3. The zero-order valence-electron chi connectivity index (χ0n) is 15.2. The van der Waals surface area contributed by atoms with Gasteiger partial charge >= 0.3 is 0 Å². The van der Waals surface area contributed by atoms with Gasteiger partial charge in [0.05, 0.1) is 0 Å². The van der Waals surface area contributed by atoms with Crippen molar-refractivity contribution in [1.29, 1.82) is 0 Å². The molecular weight excluding hydrogens is 330 g/mol. The van der Waals surface area contributed by atoms with Gasteiger partial charge < -0.3 is 15.5 Å². The van der Waals surface area contributed by atoms with Crippen LogP contribution in [0.1, 0.15) is 26.3 Å². The van der Waals surface area contributed by atoms with E-state index in [2.05, 4.69) is 10.6 Å². The Balaban J connectivity index is 2.16. The lowest BCUT2D eigenvalue weighted by molar-refractivity contribution is -0.120. The van der Waals surface area contributed by atoms with Crippen molar-refractivity contribution in [3.8, 4) is 0 Å². The van der Waals surface area contributed by atoms with E-state index in [4.69, 9.17) is 0 Å². The summed E-state index contributed by atoms with van der Waals surface area (Å²) in [6.45, 7) is 4.71. The first-order valence-corrected chi connectivity index (χ1v) is 8.44. The Morgan fingerprint density at radius 3 is 2.35 bits per heavy atom. The number of aryl methyl sites for hydroxylation is 1. The topological polar surface area (TPSA) is 78.5 Å². The fraction of sp³-hybridized carbons (Fsp3) is 0.250. The Morgan fingerprint density at radius 1 is 0.962 bits per heavy atom. The first kappa shape index (κ1) is 19.2. The van der Waals surface area contributed by atoms with E-state index in [-0.39, 0.29) is 24.3 Å². The first-order chi connectivity index (χ1) is 12.4. The Kier molecular flexibility index (Phi) is 6.49. The standard InChI is InChI=1S/C20H23N3O3/c1-4-16-8-5-6-11-19(16)22-20(26)13-23(15(3)25)18-10-7-9-17(12-18)21-14(2)24/h5-12H,4,13H2,1-3H3,(H,21,24)(H,22,26). The lowest BCUT2D eigenvalue weighted by atomic mass is 10.1. The fourth-order valence-electron chi connectivity index (χ4n) is 2.62. The van der Waals surface area contributed by atoms with E-state index in [1.807, 2.05) is 31.2 Å². The molecule has 0 aromatic heterocycles. The number of carbonyl (C=O) groups excluding carboxylic acids is 3. The number of hydrogen-bond donors (Lipinski definition) is 2. The van der Waals surface area contributed by atoms with Crippen LogP contribution in [0.4, 0.5) is 17.1 Å². The van der Waals surface area contributed by atoms with Gasteiger partial charge in [0.2, 0.25) is 17.7 Å². The minimum absolute atomic E-state index is 0.114. The van der Waals surface area contributed by atoms with Gasteiger partial charge in [0, 0.05) is 30.9 Å². The highest BCUT2D eigenvalue weighted by Crippen LogP contribution is 2.20. The largest absolute Gasteiger partial charge is 0.326 e. The third-order valence-electron chi connectivity index (χ3n) is 3.83. The number of benzene rings is 2. The van der Waals surface area contributed by atoms with Gasteiger partial charge in [-0.2, -0.15) is 0 Å². The second-order valence-corrected chi connectivity index (χ2v) is 5.90. The molecule has 2 N–H and O–H groups in total. The van der Waals surface area contributed by atoms with E-state index in [0.717, 1.165) is 17.7 Å². The molecule has 6 nitrogen and oxygen atoms in total. The predicted molar refractivity (Wildman–Crippen MR) is 103 cm³/mol. The van der Waals surface area contributed by atoms with Crippen LogP contribution in [0.15, 0.2) is 48.5 Å². The molecule has 0 fully saturated rings. The number of nitrogens with zero attached hydrogens (tertiary/aromatic N) is 1. The number of amides is 3. The summed E-state index contributed by atoms with van der Waals surface area (Å²) < 4.78 is 0. The summed E-state index contributed by atoms with van der Waals surface area (Å²) in [5.74, 6) is -0.750. The van der Waals surface area contributed by atoms with Gasteiger partial charge in [-0.15, -0.1) is 0 Å². The molecule has 0 aliphatic rings. The Labute approximate surface area is 153 Å². The second kappa shape index (κ2) is 8.80. The molecule has 3 amide bonds. The molecule has 0 radical (unpaired) electrons. The molecule has 26 heavy (non-hydrogen) atoms. The lowest BCUT2D eigenvalue weighted by Gasteiger charge is -2.22. The summed E-state index contributed by atoms with van der Waals surface area (Å²) in [6, 6.07) is 14.4. The molecule has 0 saturated carbocycles. The van der Waals surface area contributed by atoms with Gasteiger partial charge in [0.15, 0.2) is 0 Å². The van der Waals surface area contributed by atoms with Crippen LogP contribution >= 0.6 is 0 Å². The molecule has 0 saturated heterocycles. The van der Waals surface area contributed by atoms with E-state index in [9.17, 15) is 14.4 Å². The van der Waals surface area contributed by atoms with Crippen LogP contribution in [0.3, 0.4) is 0 Å². The van der Waals surface area contributed by atoms with Crippen LogP contribution in [0.25, 0.3) is 0 Å². The summed E-state index contributed by atoms with van der Waals surface area (Å²) in [6.07, 6.45) is 0.797. The first-order valence-electron chi connectivity index (χ1n) is 8.44. The Hall–Kier alpha value is -3.15. The Bertz CT molecular complexity index is 817. The number of nitrogens with one attached hydrogen (secondary N) is 2. The van der Waals surface area contributed by atoms with Crippen LogP contribution in [0.2, 0.25) is 0 Å². The summed E-state index contributed by atoms with van der Waals surface area (Å²) in [5.41, 5.74) is 2.89. The lowest BCUT2D eigenvalue weighted by Crippen LogP contribution is -2.36.